The number of carbonyl (C=O) groups is 2. The Balaban J connectivity index is 2.19. The molecule has 3 N–H and O–H groups in total. The van der Waals surface area contributed by atoms with Gasteiger partial charge in [0.1, 0.15) is 11.6 Å². The van der Waals surface area contributed by atoms with Crippen LogP contribution < -0.4 is 5.32 Å². The van der Waals surface area contributed by atoms with E-state index in [2.05, 4.69) is 5.32 Å². The second kappa shape index (κ2) is 10.6. The topological polar surface area (TPSA) is 135 Å². The van der Waals surface area contributed by atoms with Gasteiger partial charge in [0.2, 0.25) is 0 Å². The molecule has 0 aliphatic heterocycles. The van der Waals surface area contributed by atoms with Crippen LogP contribution in [0.2, 0.25) is 0 Å². The number of carboxylic acids is 1. The Labute approximate surface area is 222 Å². The minimum absolute atomic E-state index is 0.0747. The number of hydrogen-bond acceptors (Lipinski definition) is 6. The third-order valence-electron chi connectivity index (χ3n) is 5.57. The third kappa shape index (κ3) is 7.02. The van der Waals surface area contributed by atoms with Gasteiger partial charge in [0, 0.05) is 18.0 Å². The number of nitrogens with one attached hydrogen (secondary N) is 1. The van der Waals surface area contributed by atoms with E-state index in [0.717, 1.165) is 9.54 Å². The summed E-state index contributed by atoms with van der Waals surface area (Å²) in [6, 6.07) is 10.1. The molecule has 2 aromatic carbocycles. The van der Waals surface area contributed by atoms with Gasteiger partial charge in [0.05, 0.1) is 16.0 Å². The van der Waals surface area contributed by atoms with Crippen molar-refractivity contribution in [3.05, 3.63) is 71.4 Å². The summed E-state index contributed by atoms with van der Waals surface area (Å²) in [6.45, 7) is 10.0. The fraction of sp³-hybridized carbons (Fsp3) is 0.357. The third-order valence-corrected chi connectivity index (χ3v) is 7.26. The van der Waals surface area contributed by atoms with Crippen molar-refractivity contribution in [2.75, 3.05) is 0 Å². The normalized spacial score (nSPS) is 13.6. The lowest BCUT2D eigenvalue weighted by atomic mass is 9.99. The van der Waals surface area contributed by atoms with Gasteiger partial charge < -0.3 is 20.3 Å². The van der Waals surface area contributed by atoms with Crippen molar-refractivity contribution in [1.29, 1.82) is 0 Å². The number of amides is 1. The molecular weight excluding hydrogens is 508 g/mol. The summed E-state index contributed by atoms with van der Waals surface area (Å²) < 4.78 is 33.6. The average molecular weight is 543 g/mol. The number of ether oxygens (including phenoxy) is 1. The second-order valence-electron chi connectivity index (χ2n) is 10.7. The monoisotopic (exact) mass is 542 g/mol. The number of carboxylic acid groups (broad SMARTS) is 1. The molecule has 10 heteroatoms. The van der Waals surface area contributed by atoms with Crippen LogP contribution in [0.15, 0.2) is 59.6 Å². The lowest BCUT2D eigenvalue weighted by molar-refractivity contribution is -0.139. The quantitative estimate of drug-likeness (QED) is 0.382. The molecule has 0 aliphatic rings. The number of aliphatic hydroxyl groups is 1. The Bertz CT molecular complexity index is 1470. The first-order valence-electron chi connectivity index (χ1n) is 12.1. The van der Waals surface area contributed by atoms with Gasteiger partial charge in [-0.05, 0) is 70.9 Å². The molecule has 0 saturated carbocycles. The number of rotatable bonds is 8. The van der Waals surface area contributed by atoms with Crippen LogP contribution in [0.3, 0.4) is 0 Å². The van der Waals surface area contributed by atoms with E-state index in [0.29, 0.717) is 22.0 Å². The van der Waals surface area contributed by atoms with Crippen molar-refractivity contribution in [2.45, 2.75) is 70.1 Å². The molecule has 1 aromatic heterocycles. The number of aliphatic carboxylic acids is 1. The molecule has 38 heavy (non-hydrogen) atoms. The predicted octanol–water partition coefficient (Wildman–Crippen LogP) is 4.49. The van der Waals surface area contributed by atoms with Crippen LogP contribution in [0.4, 0.5) is 4.79 Å². The Morgan fingerprint density at radius 1 is 1.08 bits per heavy atom. The van der Waals surface area contributed by atoms with Crippen LogP contribution in [-0.4, -0.2) is 51.9 Å². The highest BCUT2D eigenvalue weighted by Gasteiger charge is 2.28. The van der Waals surface area contributed by atoms with Gasteiger partial charge in [-0.3, -0.25) is 0 Å². The van der Waals surface area contributed by atoms with Crippen LogP contribution >= 0.6 is 0 Å². The minimum Gasteiger partial charge on any atom is -0.480 e. The number of fused-ring (bicyclic) bond motifs is 1. The zero-order valence-electron chi connectivity index (χ0n) is 22.3. The first kappa shape index (κ1) is 28.9. The second-order valence-corrected chi connectivity index (χ2v) is 12.6. The van der Waals surface area contributed by atoms with Crippen molar-refractivity contribution in [3.8, 4) is 0 Å². The minimum atomic E-state index is -4.04. The smallest absolute Gasteiger partial charge is 0.408 e. The Kier molecular flexibility index (Phi) is 8.09. The number of aryl methyl sites for hydroxylation is 1. The molecule has 9 nitrogen and oxygen atoms in total. The van der Waals surface area contributed by atoms with Crippen molar-refractivity contribution in [2.24, 2.45) is 0 Å². The summed E-state index contributed by atoms with van der Waals surface area (Å²) in [5, 5.41) is 22.9. The van der Waals surface area contributed by atoms with Gasteiger partial charge >= 0.3 is 12.1 Å². The molecule has 3 aromatic rings. The van der Waals surface area contributed by atoms with E-state index >= 15 is 0 Å². The molecule has 204 valence electrons. The fourth-order valence-electron chi connectivity index (χ4n) is 3.85. The first-order valence-corrected chi connectivity index (χ1v) is 13.5. The molecule has 1 amide bonds. The number of benzene rings is 2. The molecule has 0 spiro atoms. The molecule has 0 radical (unpaired) electrons. The summed E-state index contributed by atoms with van der Waals surface area (Å²) in [5.41, 5.74) is 0.230. The Hall–Kier alpha value is -3.63. The highest BCUT2D eigenvalue weighted by molar-refractivity contribution is 7.90. The van der Waals surface area contributed by atoms with Crippen molar-refractivity contribution >= 4 is 39.1 Å². The van der Waals surface area contributed by atoms with Crippen LogP contribution in [0, 0.1) is 6.92 Å². The first-order chi connectivity index (χ1) is 17.5. The van der Waals surface area contributed by atoms with E-state index in [1.165, 1.54) is 18.3 Å². The lowest BCUT2D eigenvalue weighted by Gasteiger charge is -2.22. The summed E-state index contributed by atoms with van der Waals surface area (Å²) in [6.07, 6.45) is 3.49. The maximum atomic E-state index is 13.7. The van der Waals surface area contributed by atoms with Crippen LogP contribution in [0.5, 0.6) is 0 Å². The van der Waals surface area contributed by atoms with Crippen LogP contribution in [0.25, 0.3) is 17.0 Å². The van der Waals surface area contributed by atoms with Crippen LogP contribution in [0.1, 0.15) is 51.3 Å². The van der Waals surface area contributed by atoms with E-state index < -0.39 is 39.3 Å². The van der Waals surface area contributed by atoms with E-state index in [1.807, 2.05) is 6.92 Å². The molecular formula is C28H34N2O7S. The van der Waals surface area contributed by atoms with E-state index in [1.54, 1.807) is 77.1 Å². The number of aromatic nitrogens is 1. The van der Waals surface area contributed by atoms with Crippen LogP contribution in [-0.2, 0) is 26.0 Å². The number of nitrogens with zero attached hydrogens (tertiary/aromatic N) is 1. The maximum absolute atomic E-state index is 13.7. The van der Waals surface area contributed by atoms with E-state index in [-0.39, 0.29) is 11.3 Å². The molecule has 1 heterocycles. The van der Waals surface area contributed by atoms with Crippen molar-refractivity contribution in [3.63, 3.8) is 0 Å². The SMILES string of the molecule is Cc1ccc(S(=O)(=O)n2cc(C[C@H](NC(=O)OC(C)(C)C)C(=O)O)c3c(C=CC(C)(C)O)cccc32)cc1. The predicted molar refractivity (Wildman–Crippen MR) is 146 cm³/mol. The molecule has 0 fully saturated rings. The highest BCUT2D eigenvalue weighted by atomic mass is 32.2. The number of hydrogen-bond donors (Lipinski definition) is 3. The summed E-state index contributed by atoms with van der Waals surface area (Å²) in [4.78, 5) is 24.5. The standard InChI is InChI=1S/C28H34N2O7S/c1-18-10-12-21(13-11-18)38(35,36)30-17-20(16-22(25(31)32)29-26(33)37-27(2,3)4)24-19(8-7-9-23(24)30)14-15-28(5,6)34/h7-15,17,22,34H,16H2,1-6H3,(H,29,33)(H,31,32)/t22-/m0/s1. The molecule has 0 unspecified atom stereocenters. The largest absolute Gasteiger partial charge is 0.480 e. The number of alkyl carbamates (subject to hydrolysis) is 1. The Morgan fingerprint density at radius 3 is 2.26 bits per heavy atom. The zero-order chi connectivity index (χ0) is 28.5. The van der Waals surface area contributed by atoms with Gasteiger partial charge in [-0.1, -0.05) is 42.0 Å². The van der Waals surface area contributed by atoms with Gasteiger partial charge in [0.15, 0.2) is 0 Å². The maximum Gasteiger partial charge on any atom is 0.408 e. The summed E-state index contributed by atoms with van der Waals surface area (Å²) in [7, 11) is -4.04. The van der Waals surface area contributed by atoms with Gasteiger partial charge in [-0.2, -0.15) is 0 Å². The zero-order valence-corrected chi connectivity index (χ0v) is 23.2. The van der Waals surface area contributed by atoms with Crippen molar-refractivity contribution < 1.29 is 33.0 Å². The molecule has 0 aliphatic carbocycles. The van der Waals surface area contributed by atoms with Gasteiger partial charge in [0.25, 0.3) is 10.0 Å². The average Bonchev–Trinajstić information content (AvgIpc) is 3.15. The molecule has 1 atom stereocenters. The number of carbonyl (C=O) groups excluding carboxylic acids is 1. The summed E-state index contributed by atoms with van der Waals surface area (Å²) in [5.74, 6) is -1.30. The lowest BCUT2D eigenvalue weighted by Crippen LogP contribution is -2.44. The molecule has 3 rings (SSSR count). The Morgan fingerprint density at radius 2 is 1.71 bits per heavy atom. The molecule has 0 saturated heterocycles. The van der Waals surface area contributed by atoms with Gasteiger partial charge in [-0.15, -0.1) is 0 Å². The van der Waals surface area contributed by atoms with E-state index in [4.69, 9.17) is 4.74 Å². The summed E-state index contributed by atoms with van der Waals surface area (Å²) >= 11 is 0. The molecule has 0 bridgehead atoms. The van der Waals surface area contributed by atoms with Crippen molar-refractivity contribution in [1.82, 2.24) is 9.29 Å². The van der Waals surface area contributed by atoms with Gasteiger partial charge in [-0.25, -0.2) is 22.0 Å². The highest BCUT2D eigenvalue weighted by Crippen LogP contribution is 2.31. The van der Waals surface area contributed by atoms with E-state index in [9.17, 15) is 28.2 Å². The fourth-order valence-corrected chi connectivity index (χ4v) is 5.23.